The summed E-state index contributed by atoms with van der Waals surface area (Å²) in [6.07, 6.45) is 0.678. The van der Waals surface area contributed by atoms with Crippen LogP contribution in [-0.2, 0) is 0 Å². The molecule has 2 nitrogen and oxygen atoms in total. The van der Waals surface area contributed by atoms with E-state index in [0.29, 0.717) is 6.42 Å². The van der Waals surface area contributed by atoms with E-state index in [9.17, 15) is 0 Å². The Bertz CT molecular complexity index is 314. The first-order chi connectivity index (χ1) is 7.13. The highest BCUT2D eigenvalue weighted by Gasteiger charge is 2.03. The summed E-state index contributed by atoms with van der Waals surface area (Å²) < 4.78 is 0. The molecular formula is C12H19NOS. The van der Waals surface area contributed by atoms with E-state index in [4.69, 9.17) is 10.8 Å². The van der Waals surface area contributed by atoms with Gasteiger partial charge in [0.2, 0.25) is 0 Å². The molecule has 0 aromatic heterocycles. The van der Waals surface area contributed by atoms with Crippen LogP contribution in [0.4, 0.5) is 0 Å². The number of aliphatic hydroxyl groups is 1. The van der Waals surface area contributed by atoms with Gasteiger partial charge in [-0.15, -0.1) is 11.8 Å². The maximum Gasteiger partial charge on any atom is 0.0446 e. The number of hydrogen-bond donors (Lipinski definition) is 2. The Morgan fingerprint density at radius 3 is 2.67 bits per heavy atom. The van der Waals surface area contributed by atoms with Crippen molar-refractivity contribution < 1.29 is 5.11 Å². The van der Waals surface area contributed by atoms with E-state index in [1.54, 1.807) is 11.8 Å². The molecule has 3 heteroatoms. The molecule has 0 heterocycles. The number of aliphatic hydroxyl groups excluding tert-OH is 1. The summed E-state index contributed by atoms with van der Waals surface area (Å²) in [6, 6.07) is 6.53. The molecule has 0 amide bonds. The molecule has 0 saturated carbocycles. The van der Waals surface area contributed by atoms with Gasteiger partial charge in [0.05, 0.1) is 0 Å². The van der Waals surface area contributed by atoms with Gasteiger partial charge in [-0.25, -0.2) is 0 Å². The van der Waals surface area contributed by atoms with Gasteiger partial charge in [-0.2, -0.15) is 0 Å². The molecule has 0 spiro atoms. The SMILES string of the molecule is Cc1ccc(SCC(N)CCO)cc1C. The topological polar surface area (TPSA) is 46.2 Å². The van der Waals surface area contributed by atoms with Crippen molar-refractivity contribution in [3.8, 4) is 0 Å². The van der Waals surface area contributed by atoms with Crippen LogP contribution in [0.2, 0.25) is 0 Å². The summed E-state index contributed by atoms with van der Waals surface area (Å²) in [4.78, 5) is 1.26. The minimum atomic E-state index is 0.0848. The van der Waals surface area contributed by atoms with Crippen LogP contribution in [0.3, 0.4) is 0 Å². The predicted molar refractivity (Wildman–Crippen MR) is 66.3 cm³/mol. The Balaban J connectivity index is 2.47. The zero-order valence-electron chi connectivity index (χ0n) is 9.36. The summed E-state index contributed by atoms with van der Waals surface area (Å²) >= 11 is 1.76. The molecule has 0 fully saturated rings. The van der Waals surface area contributed by atoms with Crippen LogP contribution in [-0.4, -0.2) is 23.5 Å². The molecule has 15 heavy (non-hydrogen) atoms. The summed E-state index contributed by atoms with van der Waals surface area (Å²) in [5, 5.41) is 8.73. The molecule has 0 bridgehead atoms. The number of rotatable bonds is 5. The van der Waals surface area contributed by atoms with E-state index >= 15 is 0 Å². The van der Waals surface area contributed by atoms with E-state index in [2.05, 4.69) is 32.0 Å². The molecule has 1 atom stereocenters. The maximum absolute atomic E-state index is 8.73. The number of aryl methyl sites for hydroxylation is 2. The molecule has 0 aliphatic heterocycles. The summed E-state index contributed by atoms with van der Waals surface area (Å²) in [7, 11) is 0. The molecular weight excluding hydrogens is 206 g/mol. The van der Waals surface area contributed by atoms with Crippen LogP contribution in [0.5, 0.6) is 0 Å². The molecule has 0 radical (unpaired) electrons. The van der Waals surface area contributed by atoms with E-state index in [1.807, 2.05) is 0 Å². The molecule has 1 aromatic carbocycles. The molecule has 0 aliphatic carbocycles. The number of thioether (sulfide) groups is 1. The van der Waals surface area contributed by atoms with Gasteiger partial charge in [-0.3, -0.25) is 0 Å². The van der Waals surface area contributed by atoms with Gasteiger partial charge in [-0.1, -0.05) is 6.07 Å². The lowest BCUT2D eigenvalue weighted by molar-refractivity contribution is 0.279. The summed E-state index contributed by atoms with van der Waals surface area (Å²) in [6.45, 7) is 4.41. The number of hydrogen-bond acceptors (Lipinski definition) is 3. The van der Waals surface area contributed by atoms with E-state index < -0.39 is 0 Å². The van der Waals surface area contributed by atoms with Gasteiger partial charge in [0.25, 0.3) is 0 Å². The number of benzene rings is 1. The van der Waals surface area contributed by atoms with Crippen molar-refractivity contribution in [2.24, 2.45) is 5.73 Å². The zero-order chi connectivity index (χ0) is 11.3. The van der Waals surface area contributed by atoms with Crippen LogP contribution >= 0.6 is 11.8 Å². The molecule has 1 unspecified atom stereocenters. The van der Waals surface area contributed by atoms with Gasteiger partial charge in [-0.05, 0) is 43.5 Å². The lowest BCUT2D eigenvalue weighted by Crippen LogP contribution is -2.23. The van der Waals surface area contributed by atoms with Gasteiger partial charge in [0, 0.05) is 23.3 Å². The van der Waals surface area contributed by atoms with Gasteiger partial charge >= 0.3 is 0 Å². The quantitative estimate of drug-likeness (QED) is 0.754. The third kappa shape index (κ3) is 4.24. The summed E-state index contributed by atoms with van der Waals surface area (Å²) in [5.74, 6) is 0.864. The second kappa shape index (κ2) is 6.16. The van der Waals surface area contributed by atoms with Crippen molar-refractivity contribution in [3.05, 3.63) is 29.3 Å². The smallest absolute Gasteiger partial charge is 0.0446 e. The molecule has 0 aliphatic rings. The Labute approximate surface area is 95.9 Å². The minimum Gasteiger partial charge on any atom is -0.396 e. The first kappa shape index (κ1) is 12.6. The van der Waals surface area contributed by atoms with Crippen LogP contribution in [0, 0.1) is 13.8 Å². The van der Waals surface area contributed by atoms with Gasteiger partial charge in [0.1, 0.15) is 0 Å². The normalized spacial score (nSPS) is 12.8. The van der Waals surface area contributed by atoms with Crippen molar-refractivity contribution in [1.29, 1.82) is 0 Å². The molecule has 1 aromatic rings. The van der Waals surface area contributed by atoms with Gasteiger partial charge in [0.15, 0.2) is 0 Å². The fourth-order valence-electron chi connectivity index (χ4n) is 1.26. The fourth-order valence-corrected chi connectivity index (χ4v) is 2.25. The van der Waals surface area contributed by atoms with Crippen molar-refractivity contribution >= 4 is 11.8 Å². The van der Waals surface area contributed by atoms with E-state index in [1.165, 1.54) is 16.0 Å². The van der Waals surface area contributed by atoms with Crippen molar-refractivity contribution in [2.45, 2.75) is 31.2 Å². The maximum atomic E-state index is 8.73. The zero-order valence-corrected chi connectivity index (χ0v) is 10.2. The molecule has 3 N–H and O–H groups in total. The second-order valence-electron chi connectivity index (χ2n) is 3.83. The lowest BCUT2D eigenvalue weighted by Gasteiger charge is -2.10. The standard InChI is InChI=1S/C12H19NOS/c1-9-3-4-12(7-10(9)2)15-8-11(13)5-6-14/h3-4,7,11,14H,5-6,8,13H2,1-2H3. The molecule has 0 saturated heterocycles. The molecule has 84 valence electrons. The van der Waals surface area contributed by atoms with Crippen LogP contribution in [0.25, 0.3) is 0 Å². The Morgan fingerprint density at radius 1 is 1.33 bits per heavy atom. The average Bonchev–Trinajstić information content (AvgIpc) is 2.20. The predicted octanol–water partition coefficient (Wildman–Crippen LogP) is 2.11. The highest BCUT2D eigenvalue weighted by atomic mass is 32.2. The lowest BCUT2D eigenvalue weighted by atomic mass is 10.1. The second-order valence-corrected chi connectivity index (χ2v) is 4.92. The van der Waals surface area contributed by atoms with Crippen molar-refractivity contribution in [1.82, 2.24) is 0 Å². The van der Waals surface area contributed by atoms with Gasteiger partial charge < -0.3 is 10.8 Å². The minimum absolute atomic E-state index is 0.0848. The summed E-state index contributed by atoms with van der Waals surface area (Å²) in [5.41, 5.74) is 8.45. The highest BCUT2D eigenvalue weighted by Crippen LogP contribution is 2.21. The Kier molecular flexibility index (Phi) is 5.15. The van der Waals surface area contributed by atoms with Crippen LogP contribution < -0.4 is 5.73 Å². The fraction of sp³-hybridized carbons (Fsp3) is 0.500. The van der Waals surface area contributed by atoms with Crippen molar-refractivity contribution in [3.63, 3.8) is 0 Å². The van der Waals surface area contributed by atoms with E-state index in [0.717, 1.165) is 5.75 Å². The van der Waals surface area contributed by atoms with E-state index in [-0.39, 0.29) is 12.6 Å². The Morgan fingerprint density at radius 2 is 2.07 bits per heavy atom. The van der Waals surface area contributed by atoms with Crippen LogP contribution in [0.15, 0.2) is 23.1 Å². The largest absolute Gasteiger partial charge is 0.396 e. The average molecular weight is 225 g/mol. The number of nitrogens with two attached hydrogens (primary N) is 1. The molecule has 1 rings (SSSR count). The third-order valence-electron chi connectivity index (χ3n) is 2.44. The first-order valence-electron chi connectivity index (χ1n) is 5.20. The first-order valence-corrected chi connectivity index (χ1v) is 6.18. The monoisotopic (exact) mass is 225 g/mol. The third-order valence-corrected chi connectivity index (χ3v) is 3.62. The van der Waals surface area contributed by atoms with Crippen LogP contribution in [0.1, 0.15) is 17.5 Å². The van der Waals surface area contributed by atoms with Crippen molar-refractivity contribution in [2.75, 3.05) is 12.4 Å². The highest BCUT2D eigenvalue weighted by molar-refractivity contribution is 7.99. The Hall–Kier alpha value is -0.510.